The highest BCUT2D eigenvalue weighted by Gasteiger charge is 2.16. The third kappa shape index (κ3) is 6.95. The molecule has 2 aromatic rings. The van der Waals surface area contributed by atoms with Gasteiger partial charge in [-0.2, -0.15) is 10.2 Å². The molecule has 2 heterocycles. The van der Waals surface area contributed by atoms with E-state index >= 15 is 0 Å². The van der Waals surface area contributed by atoms with Gasteiger partial charge in [0.15, 0.2) is 23.0 Å². The number of fused-ring (bicyclic) bond motifs is 2. The van der Waals surface area contributed by atoms with Gasteiger partial charge in [0.05, 0.1) is 12.4 Å². The molecule has 12 heteroatoms. The van der Waals surface area contributed by atoms with Gasteiger partial charge in [-0.3, -0.25) is 9.59 Å². The lowest BCUT2D eigenvalue weighted by atomic mass is 10.1. The molecule has 2 amide bonds. The molecule has 0 saturated heterocycles. The largest absolute Gasteiger partial charge is 0.454 e. The molecule has 2 aliphatic rings. The van der Waals surface area contributed by atoms with Crippen LogP contribution in [0.4, 0.5) is 0 Å². The van der Waals surface area contributed by atoms with Crippen LogP contribution in [0.3, 0.4) is 0 Å². The number of hydrogen-bond donors (Lipinski definition) is 2. The van der Waals surface area contributed by atoms with E-state index in [0.717, 1.165) is 26.5 Å². The first-order valence-electron chi connectivity index (χ1n) is 10.8. The second-order valence-corrected chi connectivity index (χ2v) is 9.31. The molecule has 10 nitrogen and oxygen atoms in total. The Hall–Kier alpha value is -3.12. The van der Waals surface area contributed by atoms with Crippen LogP contribution in [0.1, 0.15) is 43.2 Å². The van der Waals surface area contributed by atoms with Crippen molar-refractivity contribution in [2.75, 3.05) is 13.6 Å². The topological polar surface area (TPSA) is 120 Å². The lowest BCUT2D eigenvalue weighted by Crippen LogP contribution is -2.18. The Labute approximate surface area is 218 Å². The predicted molar refractivity (Wildman–Crippen MR) is 135 cm³/mol. The predicted octanol–water partition coefficient (Wildman–Crippen LogP) is 4.22. The molecular weight excluding hydrogens is 588 g/mol. The number of rotatable bonds is 10. The number of hydrogen-bond acceptors (Lipinski definition) is 8. The van der Waals surface area contributed by atoms with Gasteiger partial charge in [0, 0.05) is 32.9 Å². The molecule has 184 valence electrons. The summed E-state index contributed by atoms with van der Waals surface area (Å²) in [6.45, 7) is 0.375. The fraction of sp³-hybridized carbons (Fsp3) is 0.304. The van der Waals surface area contributed by atoms with E-state index in [1.165, 1.54) is 12.4 Å². The summed E-state index contributed by atoms with van der Waals surface area (Å²) < 4.78 is 22.8. The van der Waals surface area contributed by atoms with Gasteiger partial charge < -0.3 is 18.9 Å². The molecular formula is C23H22Br2N4O6. The van der Waals surface area contributed by atoms with Crippen molar-refractivity contribution >= 4 is 56.1 Å². The minimum atomic E-state index is -0.193. The number of hydrazone groups is 2. The fourth-order valence-electron chi connectivity index (χ4n) is 3.27. The maximum atomic E-state index is 12.0. The number of benzene rings is 2. The molecule has 2 N–H and O–H groups in total. The second kappa shape index (κ2) is 12.0. The van der Waals surface area contributed by atoms with Crippen molar-refractivity contribution < 1.29 is 28.5 Å². The number of carbonyl (C=O) groups excluding carboxylic acids is 2. The average molecular weight is 610 g/mol. The number of nitrogens with one attached hydrogen (secondary N) is 2. The first-order chi connectivity index (χ1) is 17.0. The van der Waals surface area contributed by atoms with E-state index in [1.807, 2.05) is 0 Å². The molecule has 0 saturated carbocycles. The van der Waals surface area contributed by atoms with Crippen LogP contribution in [0.15, 0.2) is 43.4 Å². The Morgan fingerprint density at radius 2 is 1.11 bits per heavy atom. The lowest BCUT2D eigenvalue weighted by molar-refractivity contribution is -0.121. The summed E-state index contributed by atoms with van der Waals surface area (Å²) in [5, 5.41) is 7.98. The first kappa shape index (κ1) is 25.0. The van der Waals surface area contributed by atoms with Crippen LogP contribution < -0.4 is 29.8 Å². The Morgan fingerprint density at radius 3 is 1.54 bits per heavy atom. The maximum absolute atomic E-state index is 12.0. The van der Waals surface area contributed by atoms with Crippen molar-refractivity contribution in [3.05, 3.63) is 44.3 Å². The quantitative estimate of drug-likeness (QED) is 0.236. The smallest absolute Gasteiger partial charge is 0.240 e. The molecule has 0 spiro atoms. The molecule has 35 heavy (non-hydrogen) atoms. The van der Waals surface area contributed by atoms with E-state index in [4.69, 9.17) is 18.9 Å². The van der Waals surface area contributed by atoms with Crippen molar-refractivity contribution in [1.29, 1.82) is 0 Å². The first-order valence-corrected chi connectivity index (χ1v) is 12.4. The minimum Gasteiger partial charge on any atom is -0.454 e. The summed E-state index contributed by atoms with van der Waals surface area (Å²) in [6.07, 6.45) is 5.74. The number of ether oxygens (including phenoxy) is 4. The fourth-order valence-corrected chi connectivity index (χ4v) is 4.12. The molecule has 0 fully saturated rings. The van der Waals surface area contributed by atoms with Crippen molar-refractivity contribution in [1.82, 2.24) is 10.9 Å². The van der Waals surface area contributed by atoms with Crippen molar-refractivity contribution in [3.63, 3.8) is 0 Å². The Balaban J connectivity index is 1.09. The van der Waals surface area contributed by atoms with Gasteiger partial charge in [0.1, 0.15) is 0 Å². The van der Waals surface area contributed by atoms with Crippen LogP contribution in [0.2, 0.25) is 0 Å². The summed E-state index contributed by atoms with van der Waals surface area (Å²) in [7, 11) is 0. The molecule has 0 atom stereocenters. The number of halogens is 2. The molecule has 0 bridgehead atoms. The highest BCUT2D eigenvalue weighted by Crippen LogP contribution is 2.37. The third-order valence-corrected chi connectivity index (χ3v) is 6.45. The second-order valence-electron chi connectivity index (χ2n) is 7.60. The third-order valence-electron chi connectivity index (χ3n) is 5.08. The van der Waals surface area contributed by atoms with Crippen LogP contribution in [-0.4, -0.2) is 37.8 Å². The van der Waals surface area contributed by atoms with Crippen LogP contribution in [-0.2, 0) is 9.59 Å². The summed E-state index contributed by atoms with van der Waals surface area (Å²) in [4.78, 5) is 24.0. The molecule has 0 unspecified atom stereocenters. The average Bonchev–Trinajstić information content (AvgIpc) is 3.47. The van der Waals surface area contributed by atoms with Gasteiger partial charge in [0.2, 0.25) is 25.4 Å². The molecule has 0 aromatic heterocycles. The van der Waals surface area contributed by atoms with Gasteiger partial charge in [-0.15, -0.1) is 0 Å². The van der Waals surface area contributed by atoms with Crippen LogP contribution in [0.5, 0.6) is 23.0 Å². The van der Waals surface area contributed by atoms with E-state index in [-0.39, 0.29) is 25.4 Å². The Morgan fingerprint density at radius 1 is 0.714 bits per heavy atom. The SMILES string of the molecule is O=C(CCCCCC(=O)N/N=C/c1cc2c(cc1Br)OCO2)N/N=C\c1cc2c(cc1Br)OCO2. The standard InChI is InChI=1S/C23H22Br2N4O6/c24-16-8-20-18(32-12-34-20)6-14(16)10-26-28-22(30)4-2-1-3-5-23(31)29-27-11-15-7-19-21(9-17(15)25)35-13-33-19/h6-11H,1-5,12-13H2,(H,28,30)(H,29,31)/b26-10-,27-11+. The molecule has 4 rings (SSSR count). The van der Waals surface area contributed by atoms with Gasteiger partial charge in [-0.1, -0.05) is 6.42 Å². The normalized spacial score (nSPS) is 13.5. The zero-order valence-corrected chi connectivity index (χ0v) is 21.7. The summed E-state index contributed by atoms with van der Waals surface area (Å²) in [5.74, 6) is 2.21. The summed E-state index contributed by atoms with van der Waals surface area (Å²) in [5.41, 5.74) is 6.53. The molecule has 2 aliphatic heterocycles. The monoisotopic (exact) mass is 608 g/mol. The van der Waals surface area contributed by atoms with Gasteiger partial charge >= 0.3 is 0 Å². The molecule has 0 radical (unpaired) electrons. The van der Waals surface area contributed by atoms with Crippen molar-refractivity contribution in [2.45, 2.75) is 32.1 Å². The zero-order chi connectivity index (χ0) is 24.6. The van der Waals surface area contributed by atoms with Crippen LogP contribution >= 0.6 is 31.9 Å². The van der Waals surface area contributed by atoms with E-state index in [1.54, 1.807) is 24.3 Å². The summed E-state index contributed by atoms with van der Waals surface area (Å²) >= 11 is 6.87. The van der Waals surface area contributed by atoms with E-state index in [9.17, 15) is 9.59 Å². The zero-order valence-electron chi connectivity index (χ0n) is 18.5. The van der Waals surface area contributed by atoms with E-state index in [2.05, 4.69) is 52.9 Å². The van der Waals surface area contributed by atoms with Gasteiger partial charge in [-0.25, -0.2) is 10.9 Å². The van der Waals surface area contributed by atoms with Crippen molar-refractivity contribution in [3.8, 4) is 23.0 Å². The minimum absolute atomic E-state index is 0.188. The molecule has 0 aliphatic carbocycles. The Bertz CT molecular complexity index is 1080. The van der Waals surface area contributed by atoms with Crippen molar-refractivity contribution in [2.24, 2.45) is 10.2 Å². The lowest BCUT2D eigenvalue weighted by Gasteiger charge is -2.03. The number of nitrogens with zero attached hydrogens (tertiary/aromatic N) is 2. The number of carbonyl (C=O) groups is 2. The number of unbranched alkanes of at least 4 members (excludes halogenated alkanes) is 2. The van der Waals surface area contributed by atoms with Crippen LogP contribution in [0.25, 0.3) is 0 Å². The summed E-state index contributed by atoms with van der Waals surface area (Å²) in [6, 6.07) is 7.16. The number of amides is 2. The van der Waals surface area contributed by atoms with Gasteiger partial charge in [0.25, 0.3) is 0 Å². The highest BCUT2D eigenvalue weighted by atomic mass is 79.9. The Kier molecular flexibility index (Phi) is 8.59. The maximum Gasteiger partial charge on any atom is 0.240 e. The van der Waals surface area contributed by atoms with E-state index in [0.29, 0.717) is 48.7 Å². The highest BCUT2D eigenvalue weighted by molar-refractivity contribution is 9.10. The van der Waals surface area contributed by atoms with E-state index < -0.39 is 0 Å². The van der Waals surface area contributed by atoms with Crippen LogP contribution in [0, 0.1) is 0 Å². The molecule has 2 aromatic carbocycles. The van der Waals surface area contributed by atoms with Gasteiger partial charge in [-0.05, 0) is 69.0 Å².